The monoisotopic (exact) mass is 278 g/mol. The van der Waals surface area contributed by atoms with E-state index in [-0.39, 0.29) is 0 Å². The van der Waals surface area contributed by atoms with Crippen LogP contribution in [0.5, 0.6) is 0 Å². The van der Waals surface area contributed by atoms with Crippen molar-refractivity contribution in [1.82, 2.24) is 9.97 Å². The highest BCUT2D eigenvalue weighted by Gasteiger charge is 2.12. The molecule has 4 heteroatoms. The average Bonchev–Trinajstić information content (AvgIpc) is 2.56. The van der Waals surface area contributed by atoms with Crippen molar-refractivity contribution >= 4 is 22.3 Å². The van der Waals surface area contributed by atoms with Gasteiger partial charge in [0, 0.05) is 18.5 Å². The Morgan fingerprint density at radius 2 is 1.81 bits per heavy atom. The Morgan fingerprint density at radius 1 is 1.00 bits per heavy atom. The lowest BCUT2D eigenvalue weighted by Gasteiger charge is -2.23. The van der Waals surface area contributed by atoms with Gasteiger partial charge in [0.15, 0.2) is 5.82 Å². The summed E-state index contributed by atoms with van der Waals surface area (Å²) in [6.45, 7) is 3.35. The molecule has 0 unspecified atom stereocenters. The largest absolute Gasteiger partial charge is 0.325 e. The van der Waals surface area contributed by atoms with Gasteiger partial charge in [-0.3, -0.25) is 4.98 Å². The molecule has 3 rings (SSSR count). The molecule has 3 aromatic rings. The molecule has 1 aromatic heterocycles. The standard InChI is InChI=1S/C17H18N4/c1-2-21(17-12-19-14(10-18)11-20-17)16-9-5-7-13-6-3-4-8-15(13)16/h3-9,11-12H,2,10,18H2,1H3. The predicted molar refractivity (Wildman–Crippen MR) is 86.6 cm³/mol. The van der Waals surface area contributed by atoms with Crippen LogP contribution in [0, 0.1) is 0 Å². The summed E-state index contributed by atoms with van der Waals surface area (Å²) in [6, 6.07) is 14.7. The third-order valence-electron chi connectivity index (χ3n) is 3.55. The van der Waals surface area contributed by atoms with Gasteiger partial charge in [0.25, 0.3) is 0 Å². The molecule has 0 aliphatic carbocycles. The van der Waals surface area contributed by atoms with Gasteiger partial charge in [-0.25, -0.2) is 4.98 Å². The average molecular weight is 278 g/mol. The molecule has 0 fully saturated rings. The first-order valence-electron chi connectivity index (χ1n) is 7.09. The van der Waals surface area contributed by atoms with Crippen molar-refractivity contribution in [2.75, 3.05) is 11.4 Å². The van der Waals surface area contributed by atoms with Gasteiger partial charge in [-0.05, 0) is 18.4 Å². The summed E-state index contributed by atoms with van der Waals surface area (Å²) in [5.41, 5.74) is 7.52. The van der Waals surface area contributed by atoms with Crippen LogP contribution in [0.3, 0.4) is 0 Å². The number of hydrogen-bond donors (Lipinski definition) is 1. The van der Waals surface area contributed by atoms with E-state index >= 15 is 0 Å². The maximum Gasteiger partial charge on any atom is 0.151 e. The number of anilines is 2. The Morgan fingerprint density at radius 3 is 2.52 bits per heavy atom. The van der Waals surface area contributed by atoms with Gasteiger partial charge in [-0.2, -0.15) is 0 Å². The lowest BCUT2D eigenvalue weighted by atomic mass is 10.1. The van der Waals surface area contributed by atoms with Gasteiger partial charge in [0.1, 0.15) is 0 Å². The number of benzene rings is 2. The van der Waals surface area contributed by atoms with Crippen LogP contribution in [0.4, 0.5) is 11.5 Å². The van der Waals surface area contributed by atoms with Crippen molar-refractivity contribution < 1.29 is 0 Å². The molecule has 0 bridgehead atoms. The molecule has 0 aliphatic heterocycles. The zero-order valence-corrected chi connectivity index (χ0v) is 12.0. The van der Waals surface area contributed by atoms with E-state index in [1.165, 1.54) is 10.8 Å². The lowest BCUT2D eigenvalue weighted by molar-refractivity contribution is 0.929. The number of nitrogens with zero attached hydrogens (tertiary/aromatic N) is 3. The molecule has 0 aliphatic rings. The highest BCUT2D eigenvalue weighted by molar-refractivity contribution is 5.95. The van der Waals surface area contributed by atoms with Gasteiger partial charge >= 0.3 is 0 Å². The molecule has 0 saturated heterocycles. The number of rotatable bonds is 4. The maximum atomic E-state index is 5.58. The van der Waals surface area contributed by atoms with E-state index in [1.54, 1.807) is 12.4 Å². The fraction of sp³-hybridized carbons (Fsp3) is 0.176. The quantitative estimate of drug-likeness (QED) is 0.796. The van der Waals surface area contributed by atoms with Crippen molar-refractivity contribution in [3.05, 3.63) is 60.6 Å². The highest BCUT2D eigenvalue weighted by atomic mass is 15.2. The van der Waals surface area contributed by atoms with Gasteiger partial charge in [-0.15, -0.1) is 0 Å². The minimum absolute atomic E-state index is 0.410. The Balaban J connectivity index is 2.09. The topological polar surface area (TPSA) is 55.0 Å². The fourth-order valence-corrected chi connectivity index (χ4v) is 2.49. The first-order chi connectivity index (χ1) is 10.3. The normalized spacial score (nSPS) is 10.8. The molecule has 1 heterocycles. The summed E-state index contributed by atoms with van der Waals surface area (Å²) in [4.78, 5) is 11.0. The van der Waals surface area contributed by atoms with Crippen molar-refractivity contribution in [1.29, 1.82) is 0 Å². The molecule has 0 saturated carbocycles. The Labute approximate surface area is 124 Å². The third-order valence-corrected chi connectivity index (χ3v) is 3.55. The predicted octanol–water partition coefficient (Wildman–Crippen LogP) is 3.25. The summed E-state index contributed by atoms with van der Waals surface area (Å²) in [5, 5.41) is 2.44. The zero-order valence-electron chi connectivity index (χ0n) is 12.0. The number of hydrogen-bond acceptors (Lipinski definition) is 4. The first kappa shape index (κ1) is 13.5. The summed E-state index contributed by atoms with van der Waals surface area (Å²) in [5.74, 6) is 0.839. The molecule has 0 spiro atoms. The van der Waals surface area contributed by atoms with Gasteiger partial charge in [0.05, 0.1) is 23.8 Å². The van der Waals surface area contributed by atoms with Crippen LogP contribution in [0.1, 0.15) is 12.6 Å². The van der Waals surface area contributed by atoms with Crippen LogP contribution < -0.4 is 10.6 Å². The lowest BCUT2D eigenvalue weighted by Crippen LogP contribution is -2.18. The molecule has 21 heavy (non-hydrogen) atoms. The van der Waals surface area contributed by atoms with Crippen LogP contribution >= 0.6 is 0 Å². The molecule has 0 radical (unpaired) electrons. The van der Waals surface area contributed by atoms with Crippen molar-refractivity contribution in [2.24, 2.45) is 5.73 Å². The van der Waals surface area contributed by atoms with E-state index in [9.17, 15) is 0 Å². The van der Waals surface area contributed by atoms with Gasteiger partial charge in [-0.1, -0.05) is 36.4 Å². The van der Waals surface area contributed by atoms with Crippen LogP contribution in [0.25, 0.3) is 10.8 Å². The fourth-order valence-electron chi connectivity index (χ4n) is 2.49. The summed E-state index contributed by atoms with van der Waals surface area (Å²) < 4.78 is 0. The number of fused-ring (bicyclic) bond motifs is 1. The molecule has 4 nitrogen and oxygen atoms in total. The van der Waals surface area contributed by atoms with E-state index in [1.807, 2.05) is 0 Å². The summed E-state index contributed by atoms with van der Waals surface area (Å²) in [7, 11) is 0. The van der Waals surface area contributed by atoms with E-state index in [0.29, 0.717) is 6.54 Å². The Kier molecular flexibility index (Phi) is 3.79. The SMILES string of the molecule is CCN(c1cnc(CN)cn1)c1cccc2ccccc12. The van der Waals surface area contributed by atoms with E-state index in [4.69, 9.17) is 5.73 Å². The van der Waals surface area contributed by atoms with Crippen LogP contribution in [0.2, 0.25) is 0 Å². The molecule has 0 amide bonds. The second-order valence-corrected chi connectivity index (χ2v) is 4.81. The second-order valence-electron chi connectivity index (χ2n) is 4.81. The van der Waals surface area contributed by atoms with Gasteiger partial charge in [0.2, 0.25) is 0 Å². The smallest absolute Gasteiger partial charge is 0.151 e. The minimum Gasteiger partial charge on any atom is -0.325 e. The Hall–Kier alpha value is -2.46. The molecular weight excluding hydrogens is 260 g/mol. The second kappa shape index (κ2) is 5.89. The van der Waals surface area contributed by atoms with Crippen molar-refractivity contribution in [3.63, 3.8) is 0 Å². The van der Waals surface area contributed by atoms with Crippen LogP contribution in [0.15, 0.2) is 54.9 Å². The summed E-state index contributed by atoms with van der Waals surface area (Å²) in [6.07, 6.45) is 3.52. The molecule has 2 aromatic carbocycles. The van der Waals surface area contributed by atoms with E-state index in [0.717, 1.165) is 23.7 Å². The van der Waals surface area contributed by atoms with Crippen LogP contribution in [-0.2, 0) is 6.54 Å². The van der Waals surface area contributed by atoms with Gasteiger partial charge < -0.3 is 10.6 Å². The number of aromatic nitrogens is 2. The molecule has 106 valence electrons. The molecule has 2 N–H and O–H groups in total. The Bertz CT molecular complexity index is 732. The van der Waals surface area contributed by atoms with Crippen molar-refractivity contribution in [2.45, 2.75) is 13.5 Å². The summed E-state index contributed by atoms with van der Waals surface area (Å²) >= 11 is 0. The first-order valence-corrected chi connectivity index (χ1v) is 7.09. The molecule has 0 atom stereocenters. The number of nitrogens with two attached hydrogens (primary N) is 1. The maximum absolute atomic E-state index is 5.58. The minimum atomic E-state index is 0.410. The van der Waals surface area contributed by atoms with Crippen LogP contribution in [-0.4, -0.2) is 16.5 Å². The zero-order chi connectivity index (χ0) is 14.7. The highest BCUT2D eigenvalue weighted by Crippen LogP contribution is 2.30. The van der Waals surface area contributed by atoms with E-state index < -0.39 is 0 Å². The third kappa shape index (κ3) is 2.58. The van der Waals surface area contributed by atoms with E-state index in [2.05, 4.69) is 64.3 Å². The van der Waals surface area contributed by atoms with Crippen molar-refractivity contribution in [3.8, 4) is 0 Å². The molecular formula is C17H18N4.